The Morgan fingerprint density at radius 2 is 2.00 bits per heavy atom. The molecule has 1 aromatic rings. The molecule has 1 amide bonds. The number of carbonyl (C=O) groups is 1. The zero-order valence-electron chi connectivity index (χ0n) is 10.9. The van der Waals surface area contributed by atoms with Gasteiger partial charge in [-0.2, -0.15) is 0 Å². The lowest BCUT2D eigenvalue weighted by molar-refractivity contribution is 0.0227. The van der Waals surface area contributed by atoms with Gasteiger partial charge in [-0.25, -0.2) is 0 Å². The molecule has 2 heterocycles. The number of phenolic OH excluding ortho intramolecular Hbond substituents is 1. The molecule has 2 aliphatic rings. The van der Waals surface area contributed by atoms with Crippen LogP contribution in [0, 0.1) is 0 Å². The van der Waals surface area contributed by atoms with Crippen molar-refractivity contribution in [3.63, 3.8) is 0 Å². The van der Waals surface area contributed by atoms with E-state index in [-0.39, 0.29) is 11.7 Å². The van der Waals surface area contributed by atoms with Crippen LogP contribution in [0.25, 0.3) is 0 Å². The van der Waals surface area contributed by atoms with E-state index in [9.17, 15) is 9.90 Å². The molecule has 2 fully saturated rings. The Balaban J connectivity index is 1.56. The Labute approximate surface area is 112 Å². The van der Waals surface area contributed by atoms with Crippen LogP contribution in [0.2, 0.25) is 0 Å². The number of piperazine rings is 1. The van der Waals surface area contributed by atoms with Crippen molar-refractivity contribution >= 4 is 5.91 Å². The highest BCUT2D eigenvalue weighted by molar-refractivity contribution is 5.95. The molecule has 0 unspecified atom stereocenters. The molecule has 2 N–H and O–H groups in total. The van der Waals surface area contributed by atoms with Crippen LogP contribution in [0.15, 0.2) is 24.3 Å². The number of nitrogens with zero attached hydrogens (tertiary/aromatic N) is 2. The average molecular weight is 261 g/mol. The number of amides is 1. The fourth-order valence-corrected chi connectivity index (χ4v) is 2.72. The predicted octanol–water partition coefficient (Wildman–Crippen LogP) is 0.122. The summed E-state index contributed by atoms with van der Waals surface area (Å²) in [5.41, 5.74) is 0.568. The molecular weight excluding hydrogens is 242 g/mol. The molecule has 19 heavy (non-hydrogen) atoms. The molecule has 0 atom stereocenters. The second-order valence-corrected chi connectivity index (χ2v) is 5.20. The number of nitrogens with one attached hydrogen (secondary N) is 1. The van der Waals surface area contributed by atoms with Crippen molar-refractivity contribution in [1.82, 2.24) is 15.1 Å². The van der Waals surface area contributed by atoms with Gasteiger partial charge in [0, 0.05) is 50.9 Å². The number of benzene rings is 1. The molecule has 5 heteroatoms. The summed E-state index contributed by atoms with van der Waals surface area (Å²) in [5, 5.41) is 12.7. The number of hydrogen-bond donors (Lipinski definition) is 2. The molecular formula is C14H19N3O2. The molecule has 0 spiro atoms. The fourth-order valence-electron chi connectivity index (χ4n) is 2.72. The third kappa shape index (κ3) is 2.57. The van der Waals surface area contributed by atoms with Gasteiger partial charge >= 0.3 is 0 Å². The van der Waals surface area contributed by atoms with E-state index in [0.29, 0.717) is 11.6 Å². The van der Waals surface area contributed by atoms with Crippen molar-refractivity contribution in [3.8, 4) is 5.75 Å². The van der Waals surface area contributed by atoms with E-state index >= 15 is 0 Å². The van der Waals surface area contributed by atoms with E-state index in [1.54, 1.807) is 18.2 Å². The number of rotatable bonds is 2. The van der Waals surface area contributed by atoms with Crippen LogP contribution in [-0.4, -0.2) is 66.1 Å². The van der Waals surface area contributed by atoms with Crippen molar-refractivity contribution in [2.45, 2.75) is 6.04 Å². The smallest absolute Gasteiger partial charge is 0.254 e. The Bertz CT molecular complexity index is 466. The molecule has 0 radical (unpaired) electrons. The van der Waals surface area contributed by atoms with Crippen molar-refractivity contribution in [3.05, 3.63) is 29.8 Å². The molecule has 2 saturated heterocycles. The maximum Gasteiger partial charge on any atom is 0.254 e. The van der Waals surface area contributed by atoms with Gasteiger partial charge in [0.2, 0.25) is 0 Å². The molecule has 2 aliphatic heterocycles. The first-order valence-electron chi connectivity index (χ1n) is 6.77. The van der Waals surface area contributed by atoms with Gasteiger partial charge in [-0.05, 0) is 18.2 Å². The predicted molar refractivity (Wildman–Crippen MR) is 72.2 cm³/mol. The summed E-state index contributed by atoms with van der Waals surface area (Å²) in [6.07, 6.45) is 0. The van der Waals surface area contributed by atoms with Crippen molar-refractivity contribution < 1.29 is 9.90 Å². The van der Waals surface area contributed by atoms with E-state index in [4.69, 9.17) is 0 Å². The van der Waals surface area contributed by atoms with Crippen LogP contribution in [0.4, 0.5) is 0 Å². The zero-order chi connectivity index (χ0) is 13.2. The van der Waals surface area contributed by atoms with Crippen LogP contribution in [0.3, 0.4) is 0 Å². The molecule has 5 nitrogen and oxygen atoms in total. The minimum Gasteiger partial charge on any atom is -0.508 e. The van der Waals surface area contributed by atoms with Crippen LogP contribution >= 0.6 is 0 Å². The monoisotopic (exact) mass is 261 g/mol. The standard InChI is InChI=1S/C14H19N3O2/c18-13-3-1-2-11(8-13)14(19)17-9-12(10-17)16-6-4-15-5-7-16/h1-3,8,12,15,18H,4-7,9-10H2. The molecule has 1 aromatic carbocycles. The van der Waals surface area contributed by atoms with Crippen molar-refractivity contribution in [2.75, 3.05) is 39.3 Å². The topological polar surface area (TPSA) is 55.8 Å². The maximum atomic E-state index is 12.2. The number of hydrogen-bond acceptors (Lipinski definition) is 4. The van der Waals surface area contributed by atoms with E-state index in [1.165, 1.54) is 6.07 Å². The van der Waals surface area contributed by atoms with Gasteiger partial charge in [-0.15, -0.1) is 0 Å². The van der Waals surface area contributed by atoms with Gasteiger partial charge in [0.15, 0.2) is 0 Å². The lowest BCUT2D eigenvalue weighted by Crippen LogP contribution is -2.63. The number of likely N-dealkylation sites (tertiary alicyclic amines) is 1. The zero-order valence-corrected chi connectivity index (χ0v) is 10.9. The number of carbonyl (C=O) groups excluding carboxylic acids is 1. The van der Waals surface area contributed by atoms with Gasteiger partial charge in [0.25, 0.3) is 5.91 Å². The first-order chi connectivity index (χ1) is 9.24. The number of phenols is 1. The van der Waals surface area contributed by atoms with Gasteiger partial charge < -0.3 is 15.3 Å². The van der Waals surface area contributed by atoms with Gasteiger partial charge in [0.05, 0.1) is 0 Å². The largest absolute Gasteiger partial charge is 0.508 e. The Morgan fingerprint density at radius 3 is 2.68 bits per heavy atom. The Hall–Kier alpha value is -1.59. The third-order valence-electron chi connectivity index (χ3n) is 3.91. The van der Waals surface area contributed by atoms with Crippen LogP contribution in [-0.2, 0) is 0 Å². The second-order valence-electron chi connectivity index (χ2n) is 5.20. The summed E-state index contributed by atoms with van der Waals surface area (Å²) in [6, 6.07) is 7.07. The molecule has 3 rings (SSSR count). The summed E-state index contributed by atoms with van der Waals surface area (Å²) >= 11 is 0. The Kier molecular flexibility index (Phi) is 3.40. The lowest BCUT2D eigenvalue weighted by atomic mass is 10.0. The van der Waals surface area contributed by atoms with E-state index in [2.05, 4.69) is 10.2 Å². The van der Waals surface area contributed by atoms with Gasteiger partial charge in [0.1, 0.15) is 5.75 Å². The SMILES string of the molecule is O=C(c1cccc(O)c1)N1CC(N2CCNCC2)C1. The normalized spacial score (nSPS) is 21.2. The van der Waals surface area contributed by atoms with Crippen LogP contribution in [0.5, 0.6) is 5.75 Å². The van der Waals surface area contributed by atoms with E-state index in [0.717, 1.165) is 39.3 Å². The molecule has 0 saturated carbocycles. The first kappa shape index (κ1) is 12.4. The van der Waals surface area contributed by atoms with Crippen LogP contribution < -0.4 is 5.32 Å². The first-order valence-corrected chi connectivity index (χ1v) is 6.77. The minimum atomic E-state index is 0.0160. The molecule has 0 bridgehead atoms. The maximum absolute atomic E-state index is 12.2. The summed E-state index contributed by atoms with van der Waals surface area (Å²) in [7, 11) is 0. The molecule has 102 valence electrons. The lowest BCUT2D eigenvalue weighted by Gasteiger charge is -2.46. The number of aromatic hydroxyl groups is 1. The van der Waals surface area contributed by atoms with Gasteiger partial charge in [-0.1, -0.05) is 6.07 Å². The van der Waals surface area contributed by atoms with Crippen molar-refractivity contribution in [2.24, 2.45) is 0 Å². The highest BCUT2D eigenvalue weighted by Gasteiger charge is 2.35. The average Bonchev–Trinajstić information content (AvgIpc) is 2.38. The highest BCUT2D eigenvalue weighted by Crippen LogP contribution is 2.20. The quantitative estimate of drug-likeness (QED) is 0.794. The Morgan fingerprint density at radius 1 is 1.26 bits per heavy atom. The highest BCUT2D eigenvalue weighted by atomic mass is 16.3. The van der Waals surface area contributed by atoms with E-state index < -0.39 is 0 Å². The fraction of sp³-hybridized carbons (Fsp3) is 0.500. The second kappa shape index (κ2) is 5.19. The van der Waals surface area contributed by atoms with E-state index in [1.807, 2.05) is 4.90 Å². The minimum absolute atomic E-state index is 0.0160. The third-order valence-corrected chi connectivity index (χ3v) is 3.91. The van der Waals surface area contributed by atoms with Gasteiger partial charge in [-0.3, -0.25) is 9.69 Å². The summed E-state index contributed by atoms with van der Waals surface area (Å²) in [5.74, 6) is 0.160. The summed E-state index contributed by atoms with van der Waals surface area (Å²) < 4.78 is 0. The summed E-state index contributed by atoms with van der Waals surface area (Å²) in [6.45, 7) is 5.81. The molecule has 0 aliphatic carbocycles. The van der Waals surface area contributed by atoms with Crippen molar-refractivity contribution in [1.29, 1.82) is 0 Å². The summed E-state index contributed by atoms with van der Waals surface area (Å²) in [4.78, 5) is 16.5. The van der Waals surface area contributed by atoms with Crippen LogP contribution in [0.1, 0.15) is 10.4 Å². The molecule has 0 aromatic heterocycles.